The van der Waals surface area contributed by atoms with Gasteiger partial charge in [-0.2, -0.15) is 0 Å². The number of fused-ring (bicyclic) bond motifs is 1. The number of hydrogen-bond acceptors (Lipinski definition) is 0. The van der Waals surface area contributed by atoms with Gasteiger partial charge in [-0.15, -0.1) is 0 Å². The van der Waals surface area contributed by atoms with Crippen LogP contribution in [0, 0.1) is 6.92 Å². The highest BCUT2D eigenvalue weighted by atomic mass is 14.7. The molecule has 2 heterocycles. The summed E-state index contributed by atoms with van der Waals surface area (Å²) in [6.45, 7) is 6.07. The third-order valence-corrected chi connectivity index (χ3v) is 4.21. The Morgan fingerprint density at radius 1 is 0.870 bits per heavy atom. The fourth-order valence-electron chi connectivity index (χ4n) is 3.09. The van der Waals surface area contributed by atoms with Crippen molar-refractivity contribution in [3.63, 3.8) is 0 Å². The van der Waals surface area contributed by atoms with Crippen LogP contribution < -0.4 is 10.7 Å². The van der Waals surface area contributed by atoms with Gasteiger partial charge in [0.05, 0.1) is 5.69 Å². The minimum atomic E-state index is 0.938. The lowest BCUT2D eigenvalue weighted by Crippen LogP contribution is -2.09. The average molecular weight is 298 g/mol. The van der Waals surface area contributed by atoms with E-state index < -0.39 is 0 Å². The van der Waals surface area contributed by atoms with Crippen molar-refractivity contribution in [1.29, 1.82) is 0 Å². The van der Waals surface area contributed by atoms with Gasteiger partial charge in [0.1, 0.15) is 0 Å². The van der Waals surface area contributed by atoms with Crippen LogP contribution >= 0.6 is 0 Å². The fourth-order valence-corrected chi connectivity index (χ4v) is 3.09. The molecule has 112 valence electrons. The van der Waals surface area contributed by atoms with Gasteiger partial charge in [-0.1, -0.05) is 61.2 Å². The normalized spacial score (nSPS) is 12.1. The van der Waals surface area contributed by atoms with Gasteiger partial charge < -0.3 is 9.97 Å². The topological polar surface area (TPSA) is 31.6 Å². The lowest BCUT2D eigenvalue weighted by Gasteiger charge is -1.98. The van der Waals surface area contributed by atoms with Crippen LogP contribution in [0.1, 0.15) is 11.3 Å². The number of benzene rings is 2. The molecule has 2 aromatic heterocycles. The first-order valence-corrected chi connectivity index (χ1v) is 7.75. The number of hydrogen-bond donors (Lipinski definition) is 2. The summed E-state index contributed by atoms with van der Waals surface area (Å²) in [5, 5.41) is 4.50. The van der Waals surface area contributed by atoms with Crippen molar-refractivity contribution in [2.45, 2.75) is 6.92 Å². The van der Waals surface area contributed by atoms with E-state index in [0.717, 1.165) is 22.1 Å². The molecular weight excluding hydrogens is 280 g/mol. The zero-order valence-electron chi connectivity index (χ0n) is 13.1. The largest absolute Gasteiger partial charge is 0.356 e. The van der Waals surface area contributed by atoms with E-state index in [4.69, 9.17) is 0 Å². The van der Waals surface area contributed by atoms with Crippen molar-refractivity contribution in [2.24, 2.45) is 0 Å². The predicted molar refractivity (Wildman–Crippen MR) is 97.6 cm³/mol. The van der Waals surface area contributed by atoms with Gasteiger partial charge in [0, 0.05) is 27.2 Å². The van der Waals surface area contributed by atoms with Crippen LogP contribution in [0.4, 0.5) is 0 Å². The molecule has 4 rings (SSSR count). The van der Waals surface area contributed by atoms with E-state index in [0.29, 0.717) is 0 Å². The summed E-state index contributed by atoms with van der Waals surface area (Å²) in [5.41, 5.74) is 4.68. The van der Waals surface area contributed by atoms with E-state index in [2.05, 4.69) is 84.1 Å². The van der Waals surface area contributed by atoms with E-state index in [1.807, 2.05) is 6.07 Å². The van der Waals surface area contributed by atoms with Crippen LogP contribution in [0.15, 0.2) is 60.7 Å². The summed E-state index contributed by atoms with van der Waals surface area (Å²) in [7, 11) is 0. The SMILES string of the molecule is C=c1cc(C)c(=Cc2[nH]c(-c3ccccc3)c3ccccc23)[nH]1. The Balaban J connectivity index is 2.01. The molecule has 0 spiro atoms. The second kappa shape index (κ2) is 5.33. The number of rotatable bonds is 2. The minimum Gasteiger partial charge on any atom is -0.356 e. The maximum atomic E-state index is 3.97. The van der Waals surface area contributed by atoms with Crippen LogP contribution in [-0.2, 0) is 0 Å². The summed E-state index contributed by atoms with van der Waals surface area (Å²) >= 11 is 0. The average Bonchev–Trinajstić information content (AvgIpc) is 3.09. The predicted octanol–water partition coefficient (Wildman–Crippen LogP) is 3.71. The summed E-state index contributed by atoms with van der Waals surface area (Å²) in [6, 6.07) is 21.0. The van der Waals surface area contributed by atoms with Crippen molar-refractivity contribution in [3.05, 3.63) is 82.6 Å². The highest BCUT2D eigenvalue weighted by Crippen LogP contribution is 2.30. The van der Waals surface area contributed by atoms with Gasteiger partial charge in [-0.3, -0.25) is 0 Å². The molecule has 2 N–H and O–H groups in total. The van der Waals surface area contributed by atoms with E-state index in [1.54, 1.807) is 0 Å². The maximum absolute atomic E-state index is 3.97. The molecule has 2 aromatic carbocycles. The summed E-state index contributed by atoms with van der Waals surface area (Å²) in [4.78, 5) is 6.91. The molecule has 0 aliphatic carbocycles. The van der Waals surface area contributed by atoms with Gasteiger partial charge >= 0.3 is 0 Å². The highest BCUT2D eigenvalue weighted by Gasteiger charge is 2.09. The Kier molecular flexibility index (Phi) is 3.16. The lowest BCUT2D eigenvalue weighted by molar-refractivity contribution is 1.25. The molecular formula is C21H18N2. The Hall–Kier alpha value is -3.00. The number of H-pyrrole nitrogens is 2. The first-order chi connectivity index (χ1) is 11.2. The zero-order chi connectivity index (χ0) is 15.8. The van der Waals surface area contributed by atoms with Gasteiger partial charge in [-0.05, 0) is 30.2 Å². The highest BCUT2D eigenvalue weighted by molar-refractivity contribution is 6.00. The third kappa shape index (κ3) is 2.38. The molecule has 0 atom stereocenters. The van der Waals surface area contributed by atoms with Crippen molar-refractivity contribution < 1.29 is 0 Å². The van der Waals surface area contributed by atoms with Gasteiger partial charge in [0.25, 0.3) is 0 Å². The standard InChI is InChI=1S/C21H18N2/c1-14-12-15(2)22-19(14)13-20-17-10-6-7-11-18(17)21(23-20)16-8-4-3-5-9-16/h3-13,22-23H,2H2,1H3. The summed E-state index contributed by atoms with van der Waals surface area (Å²) in [5.74, 6) is 0. The van der Waals surface area contributed by atoms with E-state index in [-0.39, 0.29) is 0 Å². The van der Waals surface area contributed by atoms with Crippen LogP contribution in [0.25, 0.3) is 34.7 Å². The summed E-state index contributed by atoms with van der Waals surface area (Å²) in [6.07, 6.45) is 2.17. The molecule has 4 aromatic rings. The Bertz CT molecular complexity index is 1080. The maximum Gasteiger partial charge on any atom is 0.0538 e. The van der Waals surface area contributed by atoms with Crippen molar-refractivity contribution in [1.82, 2.24) is 9.97 Å². The third-order valence-electron chi connectivity index (χ3n) is 4.21. The van der Waals surface area contributed by atoms with Gasteiger partial charge in [-0.25, -0.2) is 0 Å². The molecule has 2 nitrogen and oxygen atoms in total. The molecule has 0 radical (unpaired) electrons. The van der Waals surface area contributed by atoms with Gasteiger partial charge in [0.2, 0.25) is 0 Å². The van der Waals surface area contributed by atoms with Crippen LogP contribution in [0.3, 0.4) is 0 Å². The second-order valence-corrected chi connectivity index (χ2v) is 5.86. The minimum absolute atomic E-state index is 0.938. The zero-order valence-corrected chi connectivity index (χ0v) is 13.1. The first-order valence-electron chi connectivity index (χ1n) is 7.75. The Morgan fingerprint density at radius 2 is 1.57 bits per heavy atom. The van der Waals surface area contributed by atoms with E-state index >= 15 is 0 Å². The Morgan fingerprint density at radius 3 is 2.26 bits per heavy atom. The molecule has 0 aliphatic rings. The summed E-state index contributed by atoms with van der Waals surface area (Å²) < 4.78 is 0. The molecule has 2 heteroatoms. The first kappa shape index (κ1) is 13.6. The molecule has 0 saturated heterocycles. The molecule has 0 unspecified atom stereocenters. The van der Waals surface area contributed by atoms with E-state index in [1.165, 1.54) is 21.9 Å². The van der Waals surface area contributed by atoms with Crippen LogP contribution in [-0.4, -0.2) is 9.97 Å². The number of nitrogens with one attached hydrogen (secondary N) is 2. The Labute approximate surface area is 134 Å². The molecule has 0 bridgehead atoms. The molecule has 0 amide bonds. The van der Waals surface area contributed by atoms with E-state index in [9.17, 15) is 0 Å². The quantitative estimate of drug-likeness (QED) is 0.565. The monoisotopic (exact) mass is 298 g/mol. The molecule has 0 fully saturated rings. The van der Waals surface area contributed by atoms with Crippen molar-refractivity contribution >= 4 is 23.4 Å². The molecule has 0 aliphatic heterocycles. The van der Waals surface area contributed by atoms with Gasteiger partial charge in [0.15, 0.2) is 0 Å². The van der Waals surface area contributed by atoms with Crippen molar-refractivity contribution in [3.8, 4) is 11.3 Å². The van der Waals surface area contributed by atoms with Crippen molar-refractivity contribution in [2.75, 3.05) is 0 Å². The number of aryl methyl sites for hydroxylation is 1. The number of aromatic amines is 2. The second-order valence-electron chi connectivity index (χ2n) is 5.86. The number of aromatic nitrogens is 2. The lowest BCUT2D eigenvalue weighted by atomic mass is 10.1. The smallest absolute Gasteiger partial charge is 0.0538 e. The van der Waals surface area contributed by atoms with Crippen LogP contribution in [0.2, 0.25) is 0 Å². The molecule has 0 saturated carbocycles. The fraction of sp³-hybridized carbons (Fsp3) is 0.0476. The van der Waals surface area contributed by atoms with Crippen LogP contribution in [0.5, 0.6) is 0 Å². The molecule has 23 heavy (non-hydrogen) atoms.